The molecule has 0 N–H and O–H groups in total. The average Bonchev–Trinajstić information content (AvgIpc) is 2.67. The molecular formula is C16H23NO. The minimum absolute atomic E-state index is 0.236. The Morgan fingerprint density at radius 1 is 1.11 bits per heavy atom. The quantitative estimate of drug-likeness (QED) is 0.736. The van der Waals surface area contributed by atoms with Gasteiger partial charge in [0, 0.05) is 12.1 Å². The first-order chi connectivity index (χ1) is 8.79. The molecule has 2 heteroatoms. The summed E-state index contributed by atoms with van der Waals surface area (Å²) in [5.74, 6) is 0.236. The predicted molar refractivity (Wildman–Crippen MR) is 74.7 cm³/mol. The highest BCUT2D eigenvalue weighted by Gasteiger charge is 2.34. The summed E-state index contributed by atoms with van der Waals surface area (Å²) in [7, 11) is 0. The van der Waals surface area contributed by atoms with E-state index in [9.17, 15) is 4.79 Å². The van der Waals surface area contributed by atoms with Gasteiger partial charge in [-0.2, -0.15) is 0 Å². The van der Waals surface area contributed by atoms with Crippen molar-refractivity contribution >= 4 is 5.91 Å². The maximum atomic E-state index is 12.4. The molecule has 0 saturated carbocycles. The first kappa shape index (κ1) is 13.1. The van der Waals surface area contributed by atoms with Gasteiger partial charge in [-0.15, -0.1) is 0 Å². The van der Waals surface area contributed by atoms with Crippen LogP contribution in [0.15, 0.2) is 24.3 Å². The summed E-state index contributed by atoms with van der Waals surface area (Å²) in [6.07, 6.45) is 5.72. The summed E-state index contributed by atoms with van der Waals surface area (Å²) >= 11 is 0. The van der Waals surface area contributed by atoms with Crippen molar-refractivity contribution in [1.82, 2.24) is 4.90 Å². The van der Waals surface area contributed by atoms with Gasteiger partial charge in [0.15, 0.2) is 0 Å². The van der Waals surface area contributed by atoms with Gasteiger partial charge in [-0.3, -0.25) is 4.79 Å². The Kier molecular flexibility index (Phi) is 4.40. The molecule has 1 atom stereocenters. The van der Waals surface area contributed by atoms with E-state index in [0.717, 1.165) is 31.4 Å². The molecule has 1 aromatic carbocycles. The number of rotatable bonds is 6. The third-order valence-corrected chi connectivity index (χ3v) is 3.77. The van der Waals surface area contributed by atoms with Crippen LogP contribution in [0.2, 0.25) is 0 Å². The van der Waals surface area contributed by atoms with Crippen LogP contribution in [-0.2, 0) is 0 Å². The molecule has 18 heavy (non-hydrogen) atoms. The summed E-state index contributed by atoms with van der Waals surface area (Å²) < 4.78 is 0. The van der Waals surface area contributed by atoms with Crippen molar-refractivity contribution in [2.45, 2.75) is 52.0 Å². The van der Waals surface area contributed by atoms with Crippen molar-refractivity contribution in [2.24, 2.45) is 0 Å². The molecular weight excluding hydrogens is 222 g/mol. The van der Waals surface area contributed by atoms with Crippen LogP contribution >= 0.6 is 0 Å². The molecule has 98 valence electrons. The highest BCUT2D eigenvalue weighted by atomic mass is 16.2. The lowest BCUT2D eigenvalue weighted by Gasteiger charge is -2.25. The number of carbonyl (C=O) groups excluding carboxylic acids is 1. The van der Waals surface area contributed by atoms with Crippen LogP contribution in [0.1, 0.15) is 67.9 Å². The molecule has 0 fully saturated rings. The van der Waals surface area contributed by atoms with Gasteiger partial charge < -0.3 is 4.90 Å². The summed E-state index contributed by atoms with van der Waals surface area (Å²) in [4.78, 5) is 14.5. The van der Waals surface area contributed by atoms with Gasteiger partial charge in [0.05, 0.1) is 6.04 Å². The third-order valence-electron chi connectivity index (χ3n) is 3.77. The fourth-order valence-corrected chi connectivity index (χ4v) is 2.74. The van der Waals surface area contributed by atoms with Crippen LogP contribution < -0.4 is 0 Å². The van der Waals surface area contributed by atoms with Gasteiger partial charge in [0.1, 0.15) is 0 Å². The van der Waals surface area contributed by atoms with Crippen molar-refractivity contribution in [3.63, 3.8) is 0 Å². The summed E-state index contributed by atoms with van der Waals surface area (Å²) in [5, 5.41) is 0. The Hall–Kier alpha value is -1.31. The lowest BCUT2D eigenvalue weighted by atomic mass is 10.00. The van der Waals surface area contributed by atoms with E-state index in [1.165, 1.54) is 18.4 Å². The predicted octanol–water partition coefficient (Wildman–Crippen LogP) is 4.17. The SMILES string of the molecule is CCCCC1c2ccccc2C(=O)N1CCCC. The fraction of sp³-hybridized carbons (Fsp3) is 0.562. The number of amides is 1. The molecule has 1 aliphatic rings. The molecule has 0 aromatic heterocycles. The topological polar surface area (TPSA) is 20.3 Å². The molecule has 1 unspecified atom stereocenters. The molecule has 0 radical (unpaired) electrons. The Morgan fingerprint density at radius 3 is 2.56 bits per heavy atom. The highest BCUT2D eigenvalue weighted by Crippen LogP contribution is 2.36. The zero-order chi connectivity index (χ0) is 13.0. The molecule has 2 rings (SSSR count). The number of unbranched alkanes of at least 4 members (excludes halogenated alkanes) is 2. The van der Waals surface area contributed by atoms with Gasteiger partial charge in [-0.25, -0.2) is 0 Å². The lowest BCUT2D eigenvalue weighted by Crippen LogP contribution is -2.29. The van der Waals surface area contributed by atoms with Crippen LogP contribution in [0.3, 0.4) is 0 Å². The van der Waals surface area contributed by atoms with Crippen LogP contribution in [0.4, 0.5) is 0 Å². The van der Waals surface area contributed by atoms with E-state index >= 15 is 0 Å². The van der Waals surface area contributed by atoms with Crippen LogP contribution in [0.25, 0.3) is 0 Å². The van der Waals surface area contributed by atoms with Gasteiger partial charge >= 0.3 is 0 Å². The minimum Gasteiger partial charge on any atom is -0.332 e. The van der Waals surface area contributed by atoms with E-state index in [-0.39, 0.29) is 5.91 Å². The second-order valence-electron chi connectivity index (χ2n) is 5.10. The molecule has 0 saturated heterocycles. The van der Waals surface area contributed by atoms with Crippen LogP contribution in [0.5, 0.6) is 0 Å². The maximum absolute atomic E-state index is 12.4. The summed E-state index contributed by atoms with van der Waals surface area (Å²) in [6, 6.07) is 8.44. The molecule has 2 nitrogen and oxygen atoms in total. The molecule has 0 aliphatic carbocycles. The smallest absolute Gasteiger partial charge is 0.254 e. The molecule has 0 spiro atoms. The van der Waals surface area contributed by atoms with Crippen molar-refractivity contribution < 1.29 is 4.79 Å². The number of benzene rings is 1. The zero-order valence-corrected chi connectivity index (χ0v) is 11.5. The number of hydrogen-bond donors (Lipinski definition) is 0. The van der Waals surface area contributed by atoms with Gasteiger partial charge in [-0.05, 0) is 24.5 Å². The molecule has 1 heterocycles. The average molecular weight is 245 g/mol. The second-order valence-corrected chi connectivity index (χ2v) is 5.10. The molecule has 1 aliphatic heterocycles. The summed E-state index contributed by atoms with van der Waals surface area (Å²) in [6.45, 7) is 5.28. The number of hydrogen-bond acceptors (Lipinski definition) is 1. The zero-order valence-electron chi connectivity index (χ0n) is 11.5. The van der Waals surface area contributed by atoms with Crippen LogP contribution in [0, 0.1) is 0 Å². The molecule has 1 aromatic rings. The first-order valence-corrected chi connectivity index (χ1v) is 7.19. The first-order valence-electron chi connectivity index (χ1n) is 7.19. The van der Waals surface area contributed by atoms with Crippen molar-refractivity contribution in [3.05, 3.63) is 35.4 Å². The van der Waals surface area contributed by atoms with Gasteiger partial charge in [-0.1, -0.05) is 51.3 Å². The van der Waals surface area contributed by atoms with Gasteiger partial charge in [0.2, 0.25) is 0 Å². The monoisotopic (exact) mass is 245 g/mol. The highest BCUT2D eigenvalue weighted by molar-refractivity contribution is 5.99. The maximum Gasteiger partial charge on any atom is 0.254 e. The standard InChI is InChI=1S/C16H23NO/c1-3-5-11-15-13-9-7-8-10-14(13)16(18)17(15)12-6-4-2/h7-10,15H,3-6,11-12H2,1-2H3. The van der Waals surface area contributed by atoms with Crippen molar-refractivity contribution in [2.75, 3.05) is 6.54 Å². The summed E-state index contributed by atoms with van der Waals surface area (Å²) in [5.41, 5.74) is 2.17. The van der Waals surface area contributed by atoms with E-state index in [4.69, 9.17) is 0 Å². The minimum atomic E-state index is 0.236. The van der Waals surface area contributed by atoms with Crippen LogP contribution in [-0.4, -0.2) is 17.4 Å². The Morgan fingerprint density at radius 2 is 1.83 bits per heavy atom. The normalized spacial score (nSPS) is 18.2. The largest absolute Gasteiger partial charge is 0.332 e. The van der Waals surface area contributed by atoms with Gasteiger partial charge in [0.25, 0.3) is 5.91 Å². The van der Waals surface area contributed by atoms with Crippen molar-refractivity contribution in [1.29, 1.82) is 0 Å². The molecule has 0 bridgehead atoms. The number of fused-ring (bicyclic) bond motifs is 1. The number of nitrogens with zero attached hydrogens (tertiary/aromatic N) is 1. The number of carbonyl (C=O) groups is 1. The Balaban J connectivity index is 2.22. The Bertz CT molecular complexity index is 413. The van der Waals surface area contributed by atoms with E-state index in [1.807, 2.05) is 18.2 Å². The molecule has 1 amide bonds. The fourth-order valence-electron chi connectivity index (χ4n) is 2.74. The second kappa shape index (κ2) is 6.03. The van der Waals surface area contributed by atoms with Crippen molar-refractivity contribution in [3.8, 4) is 0 Å². The van der Waals surface area contributed by atoms with E-state index in [1.54, 1.807) is 0 Å². The van der Waals surface area contributed by atoms with E-state index in [2.05, 4.69) is 24.8 Å². The van der Waals surface area contributed by atoms with E-state index in [0.29, 0.717) is 6.04 Å². The lowest BCUT2D eigenvalue weighted by molar-refractivity contribution is 0.0713. The third kappa shape index (κ3) is 2.43. The Labute approximate surface area is 110 Å². The van der Waals surface area contributed by atoms with E-state index < -0.39 is 0 Å².